The molecule has 0 radical (unpaired) electrons. The number of hydrogen-bond acceptors (Lipinski definition) is 2. The van der Waals surface area contributed by atoms with Crippen LogP contribution in [-0.4, -0.2) is 30.4 Å². The molecule has 1 aliphatic heterocycles. The average Bonchev–Trinajstić information content (AvgIpc) is 2.69. The zero-order valence-electron chi connectivity index (χ0n) is 16.4. The van der Waals surface area contributed by atoms with Crippen LogP contribution in [0.4, 0.5) is 5.69 Å². The minimum Gasteiger partial charge on any atom is -0.322 e. The van der Waals surface area contributed by atoms with Crippen molar-refractivity contribution < 1.29 is 4.79 Å². The van der Waals surface area contributed by atoms with E-state index in [1.54, 1.807) is 6.08 Å². The molecule has 1 fully saturated rings. The molecule has 0 aliphatic carbocycles. The number of para-hydroxylation sites is 1. The third kappa shape index (κ3) is 5.54. The molecule has 1 amide bonds. The first-order chi connectivity index (χ1) is 13.1. The van der Waals surface area contributed by atoms with E-state index in [9.17, 15) is 4.79 Å². The summed E-state index contributed by atoms with van der Waals surface area (Å²) in [5.41, 5.74) is 4.18. The van der Waals surface area contributed by atoms with E-state index >= 15 is 0 Å². The molecule has 1 saturated heterocycles. The van der Waals surface area contributed by atoms with E-state index in [1.165, 1.54) is 31.4 Å². The van der Waals surface area contributed by atoms with Gasteiger partial charge in [-0.25, -0.2) is 0 Å². The smallest absolute Gasteiger partial charge is 0.248 e. The van der Waals surface area contributed by atoms with Gasteiger partial charge in [-0.15, -0.1) is 0 Å². The highest BCUT2D eigenvalue weighted by atomic mass is 16.1. The lowest BCUT2D eigenvalue weighted by Crippen LogP contribution is -2.36. The molecule has 0 aromatic heterocycles. The number of hydrogen-bond donors (Lipinski definition) is 1. The van der Waals surface area contributed by atoms with Gasteiger partial charge >= 0.3 is 0 Å². The molecular weight excluding hydrogens is 332 g/mol. The lowest BCUT2D eigenvalue weighted by Gasteiger charge is -2.32. The molecule has 2 aromatic rings. The van der Waals surface area contributed by atoms with Crippen molar-refractivity contribution in [2.24, 2.45) is 0 Å². The van der Waals surface area contributed by atoms with E-state index in [0.717, 1.165) is 29.7 Å². The summed E-state index contributed by atoms with van der Waals surface area (Å²) < 4.78 is 0. The van der Waals surface area contributed by atoms with E-state index < -0.39 is 0 Å². The number of amides is 1. The van der Waals surface area contributed by atoms with E-state index in [2.05, 4.69) is 29.4 Å². The second-order valence-electron chi connectivity index (χ2n) is 7.51. The molecular formula is C24H30N2O. The van der Waals surface area contributed by atoms with Crippen LogP contribution >= 0.6 is 0 Å². The van der Waals surface area contributed by atoms with Crippen LogP contribution in [-0.2, 0) is 11.2 Å². The molecule has 3 rings (SSSR count). The van der Waals surface area contributed by atoms with Crippen LogP contribution in [0.3, 0.4) is 0 Å². The van der Waals surface area contributed by atoms with E-state index in [0.29, 0.717) is 6.04 Å². The molecule has 142 valence electrons. The number of nitrogens with zero attached hydrogens (tertiary/aromatic N) is 1. The lowest BCUT2D eigenvalue weighted by molar-refractivity contribution is -0.111. The maximum atomic E-state index is 12.5. The molecule has 3 nitrogen and oxygen atoms in total. The van der Waals surface area contributed by atoms with Gasteiger partial charge in [-0.3, -0.25) is 4.79 Å². The summed E-state index contributed by atoms with van der Waals surface area (Å²) in [5, 5.41) is 3.08. The molecule has 3 heteroatoms. The van der Waals surface area contributed by atoms with Gasteiger partial charge in [0.2, 0.25) is 5.91 Å². The van der Waals surface area contributed by atoms with Crippen LogP contribution in [0, 0.1) is 0 Å². The second-order valence-corrected chi connectivity index (χ2v) is 7.51. The fourth-order valence-corrected chi connectivity index (χ4v) is 3.84. The predicted octanol–water partition coefficient (Wildman–Crippen LogP) is 5.15. The number of carbonyl (C=O) groups excluding carboxylic acids is 1. The summed E-state index contributed by atoms with van der Waals surface area (Å²) in [6.07, 6.45) is 7.74. The summed E-state index contributed by atoms with van der Waals surface area (Å²) in [6, 6.07) is 18.8. The Bertz CT molecular complexity index is 782. The van der Waals surface area contributed by atoms with Gasteiger partial charge in [0.1, 0.15) is 0 Å². The SMILES string of the molecule is CC(=CC(=O)Nc1ccccc1CCC1CCCCN1C)c1ccccc1. The summed E-state index contributed by atoms with van der Waals surface area (Å²) in [6.45, 7) is 3.17. The Balaban J connectivity index is 1.64. The lowest BCUT2D eigenvalue weighted by atomic mass is 9.96. The highest BCUT2D eigenvalue weighted by Crippen LogP contribution is 2.23. The zero-order chi connectivity index (χ0) is 19.1. The van der Waals surface area contributed by atoms with Gasteiger partial charge in [0, 0.05) is 17.8 Å². The van der Waals surface area contributed by atoms with Crippen LogP contribution in [0.1, 0.15) is 43.7 Å². The molecule has 1 N–H and O–H groups in total. The summed E-state index contributed by atoms with van der Waals surface area (Å²) in [5.74, 6) is -0.0708. The van der Waals surface area contributed by atoms with E-state index in [-0.39, 0.29) is 5.91 Å². The van der Waals surface area contributed by atoms with Crippen LogP contribution in [0.25, 0.3) is 5.57 Å². The zero-order valence-corrected chi connectivity index (χ0v) is 16.4. The molecule has 2 aromatic carbocycles. The van der Waals surface area contributed by atoms with Crippen LogP contribution in [0.2, 0.25) is 0 Å². The van der Waals surface area contributed by atoms with Gasteiger partial charge in [-0.2, -0.15) is 0 Å². The van der Waals surface area contributed by atoms with Crippen molar-refractivity contribution >= 4 is 17.2 Å². The third-order valence-corrected chi connectivity index (χ3v) is 5.52. The van der Waals surface area contributed by atoms with Gasteiger partial charge in [0.05, 0.1) is 0 Å². The minimum absolute atomic E-state index is 0.0708. The van der Waals surface area contributed by atoms with E-state index in [4.69, 9.17) is 0 Å². The normalized spacial score (nSPS) is 18.3. The highest BCUT2D eigenvalue weighted by Gasteiger charge is 2.19. The number of rotatable bonds is 6. The highest BCUT2D eigenvalue weighted by molar-refractivity contribution is 6.04. The van der Waals surface area contributed by atoms with Crippen molar-refractivity contribution in [3.8, 4) is 0 Å². The Morgan fingerprint density at radius 2 is 1.85 bits per heavy atom. The first-order valence-corrected chi connectivity index (χ1v) is 9.96. The number of benzene rings is 2. The molecule has 1 unspecified atom stereocenters. The van der Waals surface area contributed by atoms with Crippen LogP contribution in [0.5, 0.6) is 0 Å². The quantitative estimate of drug-likeness (QED) is 0.721. The molecule has 27 heavy (non-hydrogen) atoms. The largest absolute Gasteiger partial charge is 0.322 e. The van der Waals surface area contributed by atoms with Crippen molar-refractivity contribution in [3.05, 3.63) is 71.8 Å². The van der Waals surface area contributed by atoms with Crippen LogP contribution < -0.4 is 5.32 Å². The third-order valence-electron chi connectivity index (χ3n) is 5.52. The Labute approximate surface area is 163 Å². The van der Waals surface area contributed by atoms with Crippen molar-refractivity contribution in [2.75, 3.05) is 18.9 Å². The number of piperidine rings is 1. The Hall–Kier alpha value is -2.39. The maximum Gasteiger partial charge on any atom is 0.248 e. The number of allylic oxidation sites excluding steroid dienone is 1. The summed E-state index contributed by atoms with van der Waals surface area (Å²) >= 11 is 0. The Kier molecular flexibility index (Phi) is 6.83. The Morgan fingerprint density at radius 1 is 1.11 bits per heavy atom. The summed E-state index contributed by atoms with van der Waals surface area (Å²) in [7, 11) is 2.23. The number of nitrogens with one attached hydrogen (secondary N) is 1. The number of likely N-dealkylation sites (tertiary alicyclic amines) is 1. The Morgan fingerprint density at radius 3 is 2.63 bits per heavy atom. The van der Waals surface area contributed by atoms with Gasteiger partial charge in [-0.1, -0.05) is 55.0 Å². The van der Waals surface area contributed by atoms with Crippen molar-refractivity contribution in [1.29, 1.82) is 0 Å². The summed E-state index contributed by atoms with van der Waals surface area (Å²) in [4.78, 5) is 15.0. The fourth-order valence-electron chi connectivity index (χ4n) is 3.84. The van der Waals surface area contributed by atoms with Crippen molar-refractivity contribution in [2.45, 2.75) is 45.1 Å². The molecule has 1 aliphatic rings. The second kappa shape index (κ2) is 9.52. The van der Waals surface area contributed by atoms with Crippen molar-refractivity contribution in [3.63, 3.8) is 0 Å². The van der Waals surface area contributed by atoms with Gasteiger partial charge in [-0.05, 0) is 69.0 Å². The van der Waals surface area contributed by atoms with Crippen LogP contribution in [0.15, 0.2) is 60.7 Å². The van der Waals surface area contributed by atoms with Crippen molar-refractivity contribution in [1.82, 2.24) is 4.90 Å². The molecule has 0 bridgehead atoms. The number of aryl methyl sites for hydroxylation is 1. The number of carbonyl (C=O) groups is 1. The molecule has 1 heterocycles. The molecule has 0 saturated carbocycles. The predicted molar refractivity (Wildman–Crippen MR) is 114 cm³/mol. The molecule has 0 spiro atoms. The maximum absolute atomic E-state index is 12.5. The van der Waals surface area contributed by atoms with E-state index in [1.807, 2.05) is 49.4 Å². The van der Waals surface area contributed by atoms with Gasteiger partial charge in [0.25, 0.3) is 0 Å². The standard InChI is InChI=1S/C24H30N2O/c1-19(20-10-4-3-5-11-20)18-24(27)25-23-14-7-6-12-21(23)15-16-22-13-8-9-17-26(22)2/h3-7,10-12,14,18,22H,8-9,13,15-17H2,1-2H3,(H,25,27). The number of anilines is 1. The molecule has 1 atom stereocenters. The average molecular weight is 363 g/mol. The van der Waals surface area contributed by atoms with Gasteiger partial charge in [0.15, 0.2) is 0 Å². The van der Waals surface area contributed by atoms with Gasteiger partial charge < -0.3 is 10.2 Å². The first kappa shape index (κ1) is 19.4. The topological polar surface area (TPSA) is 32.3 Å². The fraction of sp³-hybridized carbons (Fsp3) is 0.375. The minimum atomic E-state index is -0.0708. The monoisotopic (exact) mass is 362 g/mol. The first-order valence-electron chi connectivity index (χ1n) is 9.96.